The highest BCUT2D eigenvalue weighted by Gasteiger charge is 2.35. The Morgan fingerprint density at radius 1 is 1.15 bits per heavy atom. The summed E-state index contributed by atoms with van der Waals surface area (Å²) in [5, 5.41) is 11.0. The Hall–Kier alpha value is -2.94. The standard InChI is InChI=1S/C18H18N2O6S/c21-17(12-26-18(22)14-6-9-19(23)10-7-14)20(15-4-2-1-3-5-15)16-8-11-27(24,25)13-16/h1-7,9-10,16H,8,11-13H2/t16-/m1/s1. The Morgan fingerprint density at radius 3 is 2.41 bits per heavy atom. The van der Waals surface area contributed by atoms with Crippen LogP contribution in [0.4, 0.5) is 5.69 Å². The molecule has 1 fully saturated rings. The predicted octanol–water partition coefficient (Wildman–Crippen LogP) is 0.697. The number of anilines is 1. The first-order valence-electron chi connectivity index (χ1n) is 8.29. The summed E-state index contributed by atoms with van der Waals surface area (Å²) in [6, 6.07) is 10.8. The lowest BCUT2D eigenvalue weighted by molar-refractivity contribution is -0.605. The molecule has 0 unspecified atom stereocenters. The van der Waals surface area contributed by atoms with Gasteiger partial charge in [-0.25, -0.2) is 13.2 Å². The number of ether oxygens (including phenoxy) is 1. The number of sulfone groups is 1. The van der Waals surface area contributed by atoms with Gasteiger partial charge < -0.3 is 14.8 Å². The SMILES string of the molecule is O=C(OCC(=O)N(c1ccccc1)[C@@H]1CCS(=O)(=O)C1)c1cc[n+]([O-])cc1. The maximum Gasteiger partial charge on any atom is 0.339 e. The Bertz CT molecular complexity index is 928. The van der Waals surface area contributed by atoms with Gasteiger partial charge in [0.1, 0.15) is 0 Å². The summed E-state index contributed by atoms with van der Waals surface area (Å²) in [5.74, 6) is -1.35. The van der Waals surface area contributed by atoms with Crippen molar-refractivity contribution >= 4 is 27.4 Å². The minimum atomic E-state index is -3.19. The van der Waals surface area contributed by atoms with Crippen molar-refractivity contribution in [1.82, 2.24) is 0 Å². The van der Waals surface area contributed by atoms with Crippen LogP contribution in [-0.2, 0) is 19.4 Å². The molecule has 27 heavy (non-hydrogen) atoms. The van der Waals surface area contributed by atoms with Crippen molar-refractivity contribution in [2.75, 3.05) is 23.0 Å². The van der Waals surface area contributed by atoms with Gasteiger partial charge in [0.25, 0.3) is 5.91 Å². The second-order valence-corrected chi connectivity index (χ2v) is 8.41. The molecule has 142 valence electrons. The molecule has 1 amide bonds. The molecule has 3 rings (SSSR count). The van der Waals surface area contributed by atoms with Crippen LogP contribution in [0.15, 0.2) is 54.9 Å². The van der Waals surface area contributed by atoms with Crippen LogP contribution >= 0.6 is 0 Å². The zero-order valence-electron chi connectivity index (χ0n) is 14.4. The number of esters is 1. The van der Waals surface area contributed by atoms with Gasteiger partial charge in [0, 0.05) is 17.8 Å². The monoisotopic (exact) mass is 390 g/mol. The van der Waals surface area contributed by atoms with E-state index in [0.717, 1.165) is 12.4 Å². The van der Waals surface area contributed by atoms with Crippen molar-refractivity contribution < 1.29 is 27.5 Å². The van der Waals surface area contributed by atoms with E-state index in [4.69, 9.17) is 4.74 Å². The van der Waals surface area contributed by atoms with Crippen LogP contribution in [0, 0.1) is 5.21 Å². The van der Waals surface area contributed by atoms with E-state index in [1.54, 1.807) is 30.3 Å². The van der Waals surface area contributed by atoms with Gasteiger partial charge in [-0.1, -0.05) is 18.2 Å². The Labute approximate surface area is 156 Å². The largest absolute Gasteiger partial charge is 0.619 e. The second-order valence-electron chi connectivity index (χ2n) is 6.18. The number of nitrogens with zero attached hydrogens (tertiary/aromatic N) is 2. The third-order valence-corrected chi connectivity index (χ3v) is 5.99. The number of carbonyl (C=O) groups is 2. The molecule has 8 nitrogen and oxygen atoms in total. The quantitative estimate of drug-likeness (QED) is 0.422. The Kier molecular flexibility index (Phi) is 5.41. The number of pyridine rings is 1. The van der Waals surface area contributed by atoms with Gasteiger partial charge in [-0.05, 0) is 18.6 Å². The van der Waals surface area contributed by atoms with Gasteiger partial charge in [0.05, 0.1) is 23.1 Å². The van der Waals surface area contributed by atoms with Crippen LogP contribution in [0.3, 0.4) is 0 Å². The van der Waals surface area contributed by atoms with Crippen molar-refractivity contribution in [3.05, 3.63) is 65.6 Å². The van der Waals surface area contributed by atoms with Crippen LogP contribution in [0.2, 0.25) is 0 Å². The molecule has 0 aliphatic carbocycles. The number of amides is 1. The topological polar surface area (TPSA) is 108 Å². The normalized spacial score (nSPS) is 18.0. The molecule has 1 aromatic carbocycles. The zero-order valence-corrected chi connectivity index (χ0v) is 15.2. The van der Waals surface area contributed by atoms with Gasteiger partial charge in [-0.2, -0.15) is 4.73 Å². The van der Waals surface area contributed by atoms with Crippen molar-refractivity contribution in [2.45, 2.75) is 12.5 Å². The lowest BCUT2D eigenvalue weighted by Gasteiger charge is -2.28. The first-order valence-corrected chi connectivity index (χ1v) is 10.1. The number of para-hydroxylation sites is 1. The van der Waals surface area contributed by atoms with E-state index in [2.05, 4.69) is 0 Å². The highest BCUT2D eigenvalue weighted by Crippen LogP contribution is 2.24. The van der Waals surface area contributed by atoms with E-state index in [9.17, 15) is 23.2 Å². The third kappa shape index (κ3) is 4.62. The maximum atomic E-state index is 12.7. The predicted molar refractivity (Wildman–Crippen MR) is 96.7 cm³/mol. The van der Waals surface area contributed by atoms with Crippen molar-refractivity contribution in [2.24, 2.45) is 0 Å². The lowest BCUT2D eigenvalue weighted by Crippen LogP contribution is -2.43. The number of carbonyl (C=O) groups excluding carboxylic acids is 2. The molecule has 9 heteroatoms. The van der Waals surface area contributed by atoms with Gasteiger partial charge >= 0.3 is 5.97 Å². The molecular formula is C18H18N2O6S. The fourth-order valence-corrected chi connectivity index (χ4v) is 4.65. The summed E-state index contributed by atoms with van der Waals surface area (Å²) < 4.78 is 29.2. The van der Waals surface area contributed by atoms with E-state index in [0.29, 0.717) is 16.8 Å². The minimum absolute atomic E-state index is 0.0211. The van der Waals surface area contributed by atoms with Crippen molar-refractivity contribution in [3.63, 3.8) is 0 Å². The number of rotatable bonds is 5. The van der Waals surface area contributed by atoms with Crippen LogP contribution in [0.1, 0.15) is 16.8 Å². The third-order valence-electron chi connectivity index (χ3n) is 4.24. The van der Waals surface area contributed by atoms with Crippen LogP contribution in [-0.4, -0.2) is 44.4 Å². The summed E-state index contributed by atoms with van der Waals surface area (Å²) in [4.78, 5) is 26.2. The summed E-state index contributed by atoms with van der Waals surface area (Å²) in [6.07, 6.45) is 2.63. The summed E-state index contributed by atoms with van der Waals surface area (Å²) in [5.41, 5.74) is 0.692. The number of hydrogen-bond donors (Lipinski definition) is 0. The number of hydrogen-bond acceptors (Lipinski definition) is 6. The number of benzene rings is 1. The molecule has 1 aliphatic heterocycles. The van der Waals surface area contributed by atoms with Crippen molar-refractivity contribution in [1.29, 1.82) is 0 Å². The fourth-order valence-electron chi connectivity index (χ4n) is 2.96. The van der Waals surface area contributed by atoms with E-state index in [1.807, 2.05) is 0 Å². The average molecular weight is 390 g/mol. The lowest BCUT2D eigenvalue weighted by atomic mass is 10.2. The van der Waals surface area contributed by atoms with Crippen molar-refractivity contribution in [3.8, 4) is 0 Å². The summed E-state index contributed by atoms with van der Waals surface area (Å²) in [6.45, 7) is -0.531. The van der Waals surface area contributed by atoms with E-state index in [-0.39, 0.29) is 17.1 Å². The van der Waals surface area contributed by atoms with Gasteiger partial charge in [0.2, 0.25) is 0 Å². The van der Waals surface area contributed by atoms with Gasteiger partial charge in [-0.3, -0.25) is 4.79 Å². The first kappa shape index (κ1) is 18.8. The van der Waals surface area contributed by atoms with Gasteiger partial charge in [0.15, 0.2) is 28.8 Å². The molecule has 0 saturated carbocycles. The van der Waals surface area contributed by atoms with Crippen LogP contribution < -0.4 is 9.63 Å². The highest BCUT2D eigenvalue weighted by molar-refractivity contribution is 7.91. The molecule has 0 spiro atoms. The second kappa shape index (κ2) is 7.75. The molecule has 1 atom stereocenters. The van der Waals surface area contributed by atoms with Gasteiger partial charge in [-0.15, -0.1) is 0 Å². The Balaban J connectivity index is 1.73. The average Bonchev–Trinajstić information content (AvgIpc) is 3.00. The maximum absolute atomic E-state index is 12.7. The zero-order chi connectivity index (χ0) is 19.4. The minimum Gasteiger partial charge on any atom is -0.619 e. The molecule has 1 aromatic heterocycles. The van der Waals surface area contributed by atoms with Crippen LogP contribution in [0.5, 0.6) is 0 Å². The molecule has 1 saturated heterocycles. The molecule has 2 heterocycles. The fraction of sp³-hybridized carbons (Fsp3) is 0.278. The highest BCUT2D eigenvalue weighted by atomic mass is 32.2. The Morgan fingerprint density at radius 2 is 1.81 bits per heavy atom. The summed E-state index contributed by atoms with van der Waals surface area (Å²) >= 11 is 0. The molecule has 0 bridgehead atoms. The van der Waals surface area contributed by atoms with E-state index in [1.165, 1.54) is 17.0 Å². The number of aromatic nitrogens is 1. The molecular weight excluding hydrogens is 372 g/mol. The molecule has 0 radical (unpaired) electrons. The van der Waals surface area contributed by atoms with Crippen LogP contribution in [0.25, 0.3) is 0 Å². The summed E-state index contributed by atoms with van der Waals surface area (Å²) in [7, 11) is -3.19. The van der Waals surface area contributed by atoms with E-state index >= 15 is 0 Å². The molecule has 1 aliphatic rings. The van der Waals surface area contributed by atoms with E-state index < -0.39 is 34.4 Å². The first-order chi connectivity index (χ1) is 12.9. The molecule has 0 N–H and O–H groups in total. The smallest absolute Gasteiger partial charge is 0.339 e. The molecule has 2 aromatic rings.